The highest BCUT2D eigenvalue weighted by atomic mass is 15.3. The van der Waals surface area contributed by atoms with Crippen LogP contribution in [0.5, 0.6) is 0 Å². The zero-order chi connectivity index (χ0) is 14.7. The van der Waals surface area contributed by atoms with Crippen molar-refractivity contribution in [2.45, 2.75) is 39.3 Å². The standard InChI is InChI=1S/C16H23N5/c1-13(2)21-12-14(11-19-21)10-18-15-6-5-7-17-16(15)20-8-3-4-9-20/h5-7,11-13,18H,3-4,8-10H2,1-2H3. The first-order valence-corrected chi connectivity index (χ1v) is 7.71. The van der Waals surface area contributed by atoms with Crippen LogP contribution in [0.25, 0.3) is 0 Å². The molecule has 112 valence electrons. The number of aromatic nitrogens is 3. The molecule has 5 nitrogen and oxygen atoms in total. The van der Waals surface area contributed by atoms with Crippen LogP contribution in [0.4, 0.5) is 11.5 Å². The van der Waals surface area contributed by atoms with Gasteiger partial charge in [-0.1, -0.05) is 0 Å². The van der Waals surface area contributed by atoms with Gasteiger partial charge >= 0.3 is 0 Å². The molecule has 21 heavy (non-hydrogen) atoms. The smallest absolute Gasteiger partial charge is 0.151 e. The molecule has 0 atom stereocenters. The van der Waals surface area contributed by atoms with E-state index < -0.39 is 0 Å². The van der Waals surface area contributed by atoms with E-state index in [-0.39, 0.29) is 0 Å². The third kappa shape index (κ3) is 3.17. The molecule has 5 heteroatoms. The number of rotatable bonds is 5. The molecule has 1 aliphatic rings. The molecule has 0 spiro atoms. The van der Waals surface area contributed by atoms with E-state index in [0.29, 0.717) is 6.04 Å². The summed E-state index contributed by atoms with van der Waals surface area (Å²) in [4.78, 5) is 6.91. The summed E-state index contributed by atoms with van der Waals surface area (Å²) in [6.07, 6.45) is 8.42. The van der Waals surface area contributed by atoms with Crippen LogP contribution >= 0.6 is 0 Å². The first-order chi connectivity index (χ1) is 10.2. The van der Waals surface area contributed by atoms with E-state index in [1.54, 1.807) is 0 Å². The van der Waals surface area contributed by atoms with Gasteiger partial charge in [0.2, 0.25) is 0 Å². The Morgan fingerprint density at radius 1 is 1.29 bits per heavy atom. The summed E-state index contributed by atoms with van der Waals surface area (Å²) in [5.74, 6) is 1.08. The second kappa shape index (κ2) is 6.16. The normalized spacial score (nSPS) is 14.9. The fraction of sp³-hybridized carbons (Fsp3) is 0.500. The third-order valence-corrected chi connectivity index (χ3v) is 3.86. The highest BCUT2D eigenvalue weighted by Gasteiger charge is 2.16. The number of hydrogen-bond donors (Lipinski definition) is 1. The molecule has 0 unspecified atom stereocenters. The molecule has 0 aromatic carbocycles. The Morgan fingerprint density at radius 3 is 2.81 bits per heavy atom. The lowest BCUT2D eigenvalue weighted by molar-refractivity contribution is 0.532. The summed E-state index contributed by atoms with van der Waals surface area (Å²) < 4.78 is 1.99. The number of pyridine rings is 1. The van der Waals surface area contributed by atoms with Gasteiger partial charge in [-0.2, -0.15) is 5.10 Å². The number of hydrogen-bond acceptors (Lipinski definition) is 4. The summed E-state index contributed by atoms with van der Waals surface area (Å²) in [5.41, 5.74) is 2.30. The Morgan fingerprint density at radius 2 is 2.10 bits per heavy atom. The van der Waals surface area contributed by atoms with Gasteiger partial charge in [-0.25, -0.2) is 4.98 Å². The highest BCUT2D eigenvalue weighted by molar-refractivity contribution is 5.65. The summed E-state index contributed by atoms with van der Waals surface area (Å²) in [6, 6.07) is 4.49. The first-order valence-electron chi connectivity index (χ1n) is 7.71. The highest BCUT2D eigenvalue weighted by Crippen LogP contribution is 2.26. The van der Waals surface area contributed by atoms with Crippen LogP contribution in [0.2, 0.25) is 0 Å². The van der Waals surface area contributed by atoms with Crippen LogP contribution in [-0.2, 0) is 6.54 Å². The van der Waals surface area contributed by atoms with Gasteiger partial charge < -0.3 is 10.2 Å². The molecule has 0 saturated carbocycles. The zero-order valence-corrected chi connectivity index (χ0v) is 12.8. The minimum atomic E-state index is 0.400. The lowest BCUT2D eigenvalue weighted by atomic mass is 10.3. The van der Waals surface area contributed by atoms with Crippen molar-refractivity contribution in [1.29, 1.82) is 0 Å². The lowest BCUT2D eigenvalue weighted by Gasteiger charge is -2.20. The Labute approximate surface area is 126 Å². The Hall–Kier alpha value is -2.04. The minimum absolute atomic E-state index is 0.400. The molecule has 2 aromatic heterocycles. The number of anilines is 2. The Bertz CT molecular complexity index is 584. The van der Waals surface area contributed by atoms with Gasteiger partial charge in [-0.3, -0.25) is 4.68 Å². The largest absolute Gasteiger partial charge is 0.378 e. The van der Waals surface area contributed by atoms with E-state index in [9.17, 15) is 0 Å². The van der Waals surface area contributed by atoms with Crippen molar-refractivity contribution in [2.75, 3.05) is 23.3 Å². The second-order valence-electron chi connectivity index (χ2n) is 5.84. The van der Waals surface area contributed by atoms with Crippen LogP contribution < -0.4 is 10.2 Å². The van der Waals surface area contributed by atoms with Gasteiger partial charge in [0.1, 0.15) is 0 Å². The monoisotopic (exact) mass is 285 g/mol. The minimum Gasteiger partial charge on any atom is -0.378 e. The molecule has 1 aliphatic heterocycles. The second-order valence-corrected chi connectivity index (χ2v) is 5.84. The van der Waals surface area contributed by atoms with E-state index in [0.717, 1.165) is 31.1 Å². The van der Waals surface area contributed by atoms with Gasteiger partial charge in [-0.05, 0) is 38.8 Å². The molecule has 1 fully saturated rings. The quantitative estimate of drug-likeness (QED) is 0.917. The summed E-state index contributed by atoms with van der Waals surface area (Å²) in [7, 11) is 0. The maximum absolute atomic E-state index is 4.55. The van der Waals surface area contributed by atoms with Crippen molar-refractivity contribution < 1.29 is 0 Å². The van der Waals surface area contributed by atoms with E-state index in [2.05, 4.69) is 46.4 Å². The molecule has 1 saturated heterocycles. The fourth-order valence-electron chi connectivity index (χ4n) is 2.66. The van der Waals surface area contributed by atoms with Crippen LogP contribution in [0.3, 0.4) is 0 Å². The predicted molar refractivity (Wildman–Crippen MR) is 85.6 cm³/mol. The van der Waals surface area contributed by atoms with Gasteiger partial charge in [0.25, 0.3) is 0 Å². The van der Waals surface area contributed by atoms with Crippen LogP contribution in [0.1, 0.15) is 38.3 Å². The summed E-state index contributed by atoms with van der Waals surface area (Å²) >= 11 is 0. The van der Waals surface area contributed by atoms with E-state index in [4.69, 9.17) is 0 Å². The molecule has 0 radical (unpaired) electrons. The Balaban J connectivity index is 1.69. The van der Waals surface area contributed by atoms with Crippen molar-refractivity contribution in [2.24, 2.45) is 0 Å². The van der Waals surface area contributed by atoms with Gasteiger partial charge in [-0.15, -0.1) is 0 Å². The SMILES string of the molecule is CC(C)n1cc(CNc2cccnc2N2CCCC2)cn1. The van der Waals surface area contributed by atoms with Crippen molar-refractivity contribution in [3.05, 3.63) is 36.3 Å². The number of nitrogens with zero attached hydrogens (tertiary/aromatic N) is 4. The van der Waals surface area contributed by atoms with Crippen LogP contribution in [-0.4, -0.2) is 27.9 Å². The molecule has 2 aromatic rings. The lowest BCUT2D eigenvalue weighted by Crippen LogP contribution is -2.20. The topological polar surface area (TPSA) is 46.0 Å². The molecular formula is C16H23N5. The van der Waals surface area contributed by atoms with Crippen LogP contribution in [0, 0.1) is 0 Å². The van der Waals surface area contributed by atoms with Crippen molar-refractivity contribution in [3.8, 4) is 0 Å². The predicted octanol–water partition coefficient (Wildman–Crippen LogP) is 3.07. The third-order valence-electron chi connectivity index (χ3n) is 3.86. The first kappa shape index (κ1) is 13.9. The molecule has 1 N–H and O–H groups in total. The Kier molecular flexibility index (Phi) is 4.08. The van der Waals surface area contributed by atoms with Crippen LogP contribution in [0.15, 0.2) is 30.7 Å². The maximum atomic E-state index is 4.55. The van der Waals surface area contributed by atoms with Gasteiger partial charge in [0.05, 0.1) is 11.9 Å². The summed E-state index contributed by atoms with van der Waals surface area (Å²) in [6.45, 7) is 7.26. The number of nitrogens with one attached hydrogen (secondary N) is 1. The molecule has 0 bridgehead atoms. The summed E-state index contributed by atoms with van der Waals surface area (Å²) in [5, 5.41) is 7.88. The van der Waals surface area contributed by atoms with Crippen molar-refractivity contribution in [1.82, 2.24) is 14.8 Å². The van der Waals surface area contributed by atoms with Crippen molar-refractivity contribution >= 4 is 11.5 Å². The molecule has 3 rings (SSSR count). The molecule has 3 heterocycles. The van der Waals surface area contributed by atoms with Gasteiger partial charge in [0, 0.05) is 43.6 Å². The van der Waals surface area contributed by atoms with E-state index in [1.165, 1.54) is 18.4 Å². The molecule has 0 amide bonds. The maximum Gasteiger partial charge on any atom is 0.151 e. The molecular weight excluding hydrogens is 262 g/mol. The van der Waals surface area contributed by atoms with E-state index in [1.807, 2.05) is 23.1 Å². The average Bonchev–Trinajstić information content (AvgIpc) is 3.17. The molecule has 0 aliphatic carbocycles. The van der Waals surface area contributed by atoms with Crippen molar-refractivity contribution in [3.63, 3.8) is 0 Å². The van der Waals surface area contributed by atoms with E-state index >= 15 is 0 Å². The zero-order valence-electron chi connectivity index (χ0n) is 12.8. The average molecular weight is 285 g/mol. The fourth-order valence-corrected chi connectivity index (χ4v) is 2.66. The van der Waals surface area contributed by atoms with Gasteiger partial charge in [0.15, 0.2) is 5.82 Å².